The maximum atomic E-state index is 11.7. The van der Waals surface area contributed by atoms with Crippen molar-refractivity contribution in [2.45, 2.75) is 20.3 Å². The number of rotatable bonds is 6. The van der Waals surface area contributed by atoms with E-state index in [2.05, 4.69) is 5.32 Å². The highest BCUT2D eigenvalue weighted by Crippen LogP contribution is 2.17. The molecular formula is C13H19NO3S. The third-order valence-corrected chi connectivity index (χ3v) is 4.03. The van der Waals surface area contributed by atoms with Crippen molar-refractivity contribution in [1.82, 2.24) is 0 Å². The van der Waals surface area contributed by atoms with E-state index in [1.807, 2.05) is 32.0 Å². The molecule has 0 aromatic heterocycles. The van der Waals surface area contributed by atoms with Crippen LogP contribution in [0, 0.1) is 13.8 Å². The molecule has 1 aromatic carbocycles. The van der Waals surface area contributed by atoms with Gasteiger partial charge in [0.1, 0.15) is 5.75 Å². The Labute approximate surface area is 110 Å². The van der Waals surface area contributed by atoms with Crippen LogP contribution in [0.4, 0.5) is 5.69 Å². The maximum absolute atomic E-state index is 11.7. The van der Waals surface area contributed by atoms with E-state index < -0.39 is 10.8 Å². The van der Waals surface area contributed by atoms with Gasteiger partial charge in [0.2, 0.25) is 5.91 Å². The molecule has 1 amide bonds. The molecule has 2 N–H and O–H groups in total. The number of anilines is 1. The summed E-state index contributed by atoms with van der Waals surface area (Å²) in [4.78, 5) is 11.7. The number of aryl methyl sites for hydroxylation is 1. The molecule has 0 radical (unpaired) electrons. The third kappa shape index (κ3) is 4.58. The van der Waals surface area contributed by atoms with Crippen molar-refractivity contribution in [3.8, 4) is 0 Å². The van der Waals surface area contributed by atoms with Crippen LogP contribution in [0.1, 0.15) is 17.5 Å². The van der Waals surface area contributed by atoms with Crippen molar-refractivity contribution in [3.05, 3.63) is 29.3 Å². The summed E-state index contributed by atoms with van der Waals surface area (Å²) < 4.78 is 11.5. The molecule has 0 spiro atoms. The van der Waals surface area contributed by atoms with Gasteiger partial charge in [-0.2, -0.15) is 0 Å². The van der Waals surface area contributed by atoms with E-state index in [9.17, 15) is 9.00 Å². The van der Waals surface area contributed by atoms with Crippen LogP contribution in [0.25, 0.3) is 0 Å². The van der Waals surface area contributed by atoms with Gasteiger partial charge in [0.15, 0.2) is 0 Å². The monoisotopic (exact) mass is 269 g/mol. The van der Waals surface area contributed by atoms with Crippen LogP contribution >= 0.6 is 0 Å². The van der Waals surface area contributed by atoms with Gasteiger partial charge in [0, 0.05) is 28.8 Å². The molecule has 0 aliphatic carbocycles. The van der Waals surface area contributed by atoms with Crippen molar-refractivity contribution in [1.29, 1.82) is 0 Å². The molecule has 1 unspecified atom stereocenters. The third-order valence-electron chi connectivity index (χ3n) is 2.70. The second-order valence-electron chi connectivity index (χ2n) is 4.16. The molecule has 100 valence electrons. The second kappa shape index (κ2) is 7.28. The summed E-state index contributed by atoms with van der Waals surface area (Å²) >= 11 is 0. The Kier molecular flexibility index (Phi) is 6.01. The molecule has 1 atom stereocenters. The largest absolute Gasteiger partial charge is 0.396 e. The average Bonchev–Trinajstić information content (AvgIpc) is 2.32. The summed E-state index contributed by atoms with van der Waals surface area (Å²) in [5.41, 5.74) is 2.89. The van der Waals surface area contributed by atoms with Gasteiger partial charge in [0.25, 0.3) is 0 Å². The highest BCUT2D eigenvalue weighted by molar-refractivity contribution is 7.85. The standard InChI is InChI=1S/C13H19NO3S/c1-10-5-3-6-12(11(10)2)14-13(16)9-18(17)8-4-7-15/h3,5-6,15H,4,7-9H2,1-2H3,(H,14,16). The lowest BCUT2D eigenvalue weighted by molar-refractivity contribution is -0.113. The smallest absolute Gasteiger partial charge is 0.236 e. The van der Waals surface area contributed by atoms with Crippen molar-refractivity contribution in [2.75, 3.05) is 23.4 Å². The fourth-order valence-corrected chi connectivity index (χ4v) is 2.48. The van der Waals surface area contributed by atoms with Crippen molar-refractivity contribution < 1.29 is 14.1 Å². The Morgan fingerprint density at radius 1 is 1.39 bits per heavy atom. The SMILES string of the molecule is Cc1cccc(NC(=O)CS(=O)CCCO)c1C. The van der Waals surface area contributed by atoms with E-state index in [1.54, 1.807) is 0 Å². The van der Waals surface area contributed by atoms with Gasteiger partial charge < -0.3 is 10.4 Å². The summed E-state index contributed by atoms with van der Waals surface area (Å²) in [6.07, 6.45) is 0.462. The molecule has 18 heavy (non-hydrogen) atoms. The Morgan fingerprint density at radius 3 is 2.78 bits per heavy atom. The molecule has 4 nitrogen and oxygen atoms in total. The van der Waals surface area contributed by atoms with Gasteiger partial charge in [0.05, 0.1) is 0 Å². The van der Waals surface area contributed by atoms with Crippen LogP contribution in [0.3, 0.4) is 0 Å². The van der Waals surface area contributed by atoms with E-state index in [4.69, 9.17) is 5.11 Å². The molecule has 0 saturated heterocycles. The minimum Gasteiger partial charge on any atom is -0.396 e. The van der Waals surface area contributed by atoms with E-state index in [-0.39, 0.29) is 18.3 Å². The van der Waals surface area contributed by atoms with Crippen LogP contribution in [0.15, 0.2) is 18.2 Å². The quantitative estimate of drug-likeness (QED) is 0.819. The lowest BCUT2D eigenvalue weighted by Crippen LogP contribution is -2.21. The number of carbonyl (C=O) groups excluding carboxylic acids is 1. The summed E-state index contributed by atoms with van der Waals surface area (Å²) in [6, 6.07) is 5.68. The fraction of sp³-hybridized carbons (Fsp3) is 0.462. The first-order valence-corrected chi connectivity index (χ1v) is 7.35. The molecule has 0 saturated carbocycles. The predicted octanol–water partition coefficient (Wildman–Crippen LogP) is 1.37. The van der Waals surface area contributed by atoms with Gasteiger partial charge in [-0.15, -0.1) is 0 Å². The van der Waals surface area contributed by atoms with Gasteiger partial charge in [-0.1, -0.05) is 12.1 Å². The van der Waals surface area contributed by atoms with Crippen LogP contribution in [0.5, 0.6) is 0 Å². The number of carbonyl (C=O) groups is 1. The number of nitrogens with one attached hydrogen (secondary N) is 1. The summed E-state index contributed by atoms with van der Waals surface area (Å²) in [5.74, 6) is 0.0874. The highest BCUT2D eigenvalue weighted by Gasteiger charge is 2.09. The normalized spacial score (nSPS) is 12.2. The van der Waals surface area contributed by atoms with Crippen molar-refractivity contribution in [2.24, 2.45) is 0 Å². The van der Waals surface area contributed by atoms with E-state index in [0.717, 1.165) is 16.8 Å². The lowest BCUT2D eigenvalue weighted by Gasteiger charge is -2.10. The van der Waals surface area contributed by atoms with Gasteiger partial charge in [-0.3, -0.25) is 9.00 Å². The molecule has 1 aromatic rings. The zero-order valence-electron chi connectivity index (χ0n) is 10.7. The fourth-order valence-electron chi connectivity index (χ4n) is 1.52. The molecule has 0 aliphatic rings. The molecule has 0 heterocycles. The zero-order valence-corrected chi connectivity index (χ0v) is 11.5. The van der Waals surface area contributed by atoms with Gasteiger partial charge in [-0.25, -0.2) is 0 Å². The van der Waals surface area contributed by atoms with Crippen LogP contribution in [-0.2, 0) is 15.6 Å². The topological polar surface area (TPSA) is 66.4 Å². The van der Waals surface area contributed by atoms with Gasteiger partial charge in [-0.05, 0) is 37.5 Å². The Balaban J connectivity index is 2.54. The first kappa shape index (κ1) is 14.9. The average molecular weight is 269 g/mol. The van der Waals surface area contributed by atoms with Crippen molar-refractivity contribution >= 4 is 22.4 Å². The number of amides is 1. The number of hydrogen-bond acceptors (Lipinski definition) is 3. The first-order valence-electron chi connectivity index (χ1n) is 5.86. The minimum atomic E-state index is -1.21. The van der Waals surface area contributed by atoms with Gasteiger partial charge >= 0.3 is 0 Å². The van der Waals surface area contributed by atoms with Crippen molar-refractivity contribution in [3.63, 3.8) is 0 Å². The van der Waals surface area contributed by atoms with E-state index in [0.29, 0.717) is 12.2 Å². The van der Waals surface area contributed by atoms with E-state index >= 15 is 0 Å². The number of hydrogen-bond donors (Lipinski definition) is 2. The maximum Gasteiger partial charge on any atom is 0.236 e. The second-order valence-corrected chi connectivity index (χ2v) is 5.74. The summed E-state index contributed by atoms with van der Waals surface area (Å²) in [6.45, 7) is 3.92. The van der Waals surface area contributed by atoms with Crippen LogP contribution < -0.4 is 5.32 Å². The number of aliphatic hydroxyl groups excluding tert-OH is 1. The molecule has 1 rings (SSSR count). The van der Waals surface area contributed by atoms with E-state index in [1.165, 1.54) is 0 Å². The Bertz CT molecular complexity index is 446. The summed E-state index contributed by atoms with van der Waals surface area (Å²) in [5, 5.41) is 11.4. The lowest BCUT2D eigenvalue weighted by atomic mass is 10.1. The number of aliphatic hydroxyl groups is 1. The molecule has 5 heteroatoms. The highest BCUT2D eigenvalue weighted by atomic mass is 32.2. The number of benzene rings is 1. The molecular weight excluding hydrogens is 250 g/mol. The van der Waals surface area contributed by atoms with Crippen LogP contribution in [-0.4, -0.2) is 33.3 Å². The molecule has 0 fully saturated rings. The predicted molar refractivity (Wildman–Crippen MR) is 74.1 cm³/mol. The van der Waals surface area contributed by atoms with Crippen LogP contribution in [0.2, 0.25) is 0 Å². The zero-order chi connectivity index (χ0) is 13.5. The minimum absolute atomic E-state index is 0.00431. The molecule has 0 aliphatic heterocycles. The Hall–Kier alpha value is -1.20. The summed E-state index contributed by atoms with van der Waals surface area (Å²) in [7, 11) is -1.21. The molecule has 0 bridgehead atoms. The Morgan fingerprint density at radius 2 is 2.11 bits per heavy atom. The first-order chi connectivity index (χ1) is 8.54.